The number of ether oxygens (including phenoxy) is 1. The number of nitrogens with one attached hydrogen (secondary N) is 1. The summed E-state index contributed by atoms with van der Waals surface area (Å²) in [7, 11) is 3.05. The topological polar surface area (TPSA) is 118 Å². The molecule has 3 amide bonds. The van der Waals surface area contributed by atoms with E-state index in [0.717, 1.165) is 0 Å². The molecule has 2 aromatic heterocycles. The second-order valence-corrected chi connectivity index (χ2v) is 7.85. The molecular formula is C22H25ClN6O4. The summed E-state index contributed by atoms with van der Waals surface area (Å²) in [5.74, 6) is -0.763. The summed E-state index contributed by atoms with van der Waals surface area (Å²) in [5, 5.41) is 2.70. The van der Waals surface area contributed by atoms with Gasteiger partial charge in [0.05, 0.1) is 30.1 Å². The van der Waals surface area contributed by atoms with Gasteiger partial charge in [0, 0.05) is 34.2 Å². The lowest BCUT2D eigenvalue weighted by Gasteiger charge is -2.45. The van der Waals surface area contributed by atoms with Crippen molar-refractivity contribution in [3.63, 3.8) is 0 Å². The highest BCUT2D eigenvalue weighted by Crippen LogP contribution is 2.32. The Balaban J connectivity index is 2.04. The van der Waals surface area contributed by atoms with Gasteiger partial charge in [-0.15, -0.1) is 0 Å². The summed E-state index contributed by atoms with van der Waals surface area (Å²) in [6.07, 6.45) is 2.51. The smallest absolute Gasteiger partial charge is 0.269 e. The van der Waals surface area contributed by atoms with Crippen LogP contribution in [0.25, 0.3) is 11.4 Å². The van der Waals surface area contributed by atoms with Crippen LogP contribution in [0.3, 0.4) is 0 Å². The normalized spacial score (nSPS) is 18.1. The third-order valence-electron chi connectivity index (χ3n) is 5.41. The lowest BCUT2D eigenvalue weighted by molar-refractivity contribution is -0.144. The quantitative estimate of drug-likeness (QED) is 0.499. The number of carbonyl (C=O) groups excluding carboxylic acids is 3. The van der Waals surface area contributed by atoms with E-state index < -0.39 is 6.04 Å². The lowest BCUT2D eigenvalue weighted by atomic mass is 9.98. The fourth-order valence-corrected chi connectivity index (χ4v) is 4.05. The molecule has 1 saturated heterocycles. The molecule has 1 aliphatic heterocycles. The zero-order valence-electron chi connectivity index (χ0n) is 18.6. The van der Waals surface area contributed by atoms with Gasteiger partial charge in [-0.25, -0.2) is 15.0 Å². The van der Waals surface area contributed by atoms with Gasteiger partial charge >= 0.3 is 0 Å². The van der Waals surface area contributed by atoms with Crippen molar-refractivity contribution in [2.45, 2.75) is 19.0 Å². The molecule has 0 aromatic carbocycles. The molecule has 174 valence electrons. The largest absolute Gasteiger partial charge is 0.382 e. The number of hydrogen-bond acceptors (Lipinski definition) is 7. The van der Waals surface area contributed by atoms with E-state index in [2.05, 4.69) is 26.8 Å². The summed E-state index contributed by atoms with van der Waals surface area (Å²) >= 11 is 6.33. The Morgan fingerprint density at radius 1 is 1.21 bits per heavy atom. The highest BCUT2D eigenvalue weighted by Gasteiger charge is 2.38. The molecule has 0 aliphatic carbocycles. The van der Waals surface area contributed by atoms with Gasteiger partial charge in [-0.05, 0) is 29.8 Å². The monoisotopic (exact) mass is 472 g/mol. The molecule has 1 N–H and O–H groups in total. The first-order chi connectivity index (χ1) is 15.8. The maximum Gasteiger partial charge on any atom is 0.269 e. The zero-order valence-corrected chi connectivity index (χ0v) is 19.4. The van der Waals surface area contributed by atoms with E-state index in [1.54, 1.807) is 29.0 Å². The number of amides is 3. The van der Waals surface area contributed by atoms with Gasteiger partial charge < -0.3 is 19.9 Å². The van der Waals surface area contributed by atoms with Crippen molar-refractivity contribution in [3.8, 4) is 11.4 Å². The molecule has 0 radical (unpaired) electrons. The van der Waals surface area contributed by atoms with Crippen molar-refractivity contribution >= 4 is 29.3 Å². The van der Waals surface area contributed by atoms with E-state index >= 15 is 0 Å². The number of hydrogen-bond donors (Lipinski definition) is 1. The van der Waals surface area contributed by atoms with Crippen LogP contribution in [0.1, 0.15) is 29.0 Å². The Hall–Kier alpha value is -3.37. The molecule has 10 nitrogen and oxygen atoms in total. The third kappa shape index (κ3) is 5.35. The van der Waals surface area contributed by atoms with Crippen LogP contribution in [-0.2, 0) is 14.3 Å². The third-order valence-corrected chi connectivity index (χ3v) is 5.60. The number of halogens is 1. The summed E-state index contributed by atoms with van der Waals surface area (Å²) < 4.78 is 5.27. The van der Waals surface area contributed by atoms with Crippen LogP contribution in [0.4, 0.5) is 0 Å². The molecule has 2 aromatic rings. The van der Waals surface area contributed by atoms with E-state index in [1.165, 1.54) is 32.4 Å². The number of pyridine rings is 1. The van der Waals surface area contributed by atoms with Crippen molar-refractivity contribution < 1.29 is 19.1 Å². The second-order valence-electron chi connectivity index (χ2n) is 7.47. The van der Waals surface area contributed by atoms with Crippen molar-refractivity contribution in [3.05, 3.63) is 53.6 Å². The summed E-state index contributed by atoms with van der Waals surface area (Å²) in [5.41, 5.74) is 1.67. The first-order valence-electron chi connectivity index (χ1n) is 10.2. The first kappa shape index (κ1) is 24.3. The maximum absolute atomic E-state index is 12.5. The average molecular weight is 473 g/mol. The lowest BCUT2D eigenvalue weighted by Crippen LogP contribution is -2.58. The Labute approximate surface area is 196 Å². The Morgan fingerprint density at radius 3 is 2.61 bits per heavy atom. The standard InChI is InChI=1S/C22H25ClN6O4/c1-5-21(31)29-10-19(28(13(2)30)9-15(29)11-33-4)14-6-17(27-20(23)7-14)16-8-18(22(32)24-3)26-12-25-16/h5-8,12,15,19H,1,9-11H2,2-4H3,(H,24,32). The molecule has 33 heavy (non-hydrogen) atoms. The van der Waals surface area contributed by atoms with Gasteiger partial charge in [0.15, 0.2) is 0 Å². The Bertz CT molecular complexity index is 1080. The minimum Gasteiger partial charge on any atom is -0.382 e. The maximum atomic E-state index is 12.5. The highest BCUT2D eigenvalue weighted by molar-refractivity contribution is 6.29. The fourth-order valence-electron chi connectivity index (χ4n) is 3.83. The van der Waals surface area contributed by atoms with Crippen LogP contribution < -0.4 is 5.32 Å². The number of aromatic nitrogens is 3. The number of rotatable bonds is 6. The van der Waals surface area contributed by atoms with E-state index in [9.17, 15) is 14.4 Å². The van der Waals surface area contributed by atoms with Crippen molar-refractivity contribution in [2.75, 3.05) is 33.9 Å². The minimum absolute atomic E-state index is 0.148. The van der Waals surface area contributed by atoms with Gasteiger partial charge in [0.25, 0.3) is 5.91 Å². The van der Waals surface area contributed by atoms with Gasteiger partial charge in [0.1, 0.15) is 17.2 Å². The molecule has 0 saturated carbocycles. The molecule has 2 unspecified atom stereocenters. The number of nitrogens with zero attached hydrogens (tertiary/aromatic N) is 5. The van der Waals surface area contributed by atoms with E-state index in [-0.39, 0.29) is 54.3 Å². The van der Waals surface area contributed by atoms with E-state index in [4.69, 9.17) is 16.3 Å². The molecular weight excluding hydrogens is 448 g/mol. The number of piperazine rings is 1. The highest BCUT2D eigenvalue weighted by atomic mass is 35.5. The van der Waals surface area contributed by atoms with Gasteiger partial charge in [0.2, 0.25) is 11.8 Å². The van der Waals surface area contributed by atoms with Crippen molar-refractivity contribution in [1.29, 1.82) is 0 Å². The molecule has 0 spiro atoms. The van der Waals surface area contributed by atoms with Crippen LogP contribution in [-0.4, -0.2) is 82.4 Å². The number of methoxy groups -OCH3 is 1. The van der Waals surface area contributed by atoms with Crippen molar-refractivity contribution in [2.24, 2.45) is 0 Å². The summed E-state index contributed by atoms with van der Waals surface area (Å²) in [4.78, 5) is 52.9. The average Bonchev–Trinajstić information content (AvgIpc) is 2.82. The zero-order chi connectivity index (χ0) is 24.1. The Kier molecular flexibility index (Phi) is 7.72. The van der Waals surface area contributed by atoms with E-state index in [0.29, 0.717) is 17.0 Å². The Morgan fingerprint density at radius 2 is 1.97 bits per heavy atom. The van der Waals surface area contributed by atoms with Crippen LogP contribution in [0.5, 0.6) is 0 Å². The molecule has 1 fully saturated rings. The van der Waals surface area contributed by atoms with Crippen LogP contribution >= 0.6 is 11.6 Å². The predicted molar refractivity (Wildman–Crippen MR) is 121 cm³/mol. The second kappa shape index (κ2) is 10.5. The van der Waals surface area contributed by atoms with Gasteiger partial charge in [-0.3, -0.25) is 14.4 Å². The number of carbonyl (C=O) groups is 3. The van der Waals surface area contributed by atoms with Crippen LogP contribution in [0.15, 0.2) is 37.2 Å². The first-order valence-corrected chi connectivity index (χ1v) is 10.6. The molecule has 2 atom stereocenters. The SMILES string of the molecule is C=CC(=O)N1CC(c2cc(Cl)nc(-c3cc(C(=O)NC)ncn3)c2)N(C(C)=O)CC1COC. The molecule has 11 heteroatoms. The molecule has 3 heterocycles. The summed E-state index contributed by atoms with van der Waals surface area (Å²) in [6.45, 7) is 5.86. The molecule has 1 aliphatic rings. The van der Waals surface area contributed by atoms with Crippen LogP contribution in [0.2, 0.25) is 5.15 Å². The summed E-state index contributed by atoms with van der Waals surface area (Å²) in [6, 6.07) is 4.12. The van der Waals surface area contributed by atoms with E-state index in [1.807, 2.05) is 0 Å². The van der Waals surface area contributed by atoms with Gasteiger partial charge in [-0.1, -0.05) is 18.2 Å². The fraction of sp³-hybridized carbons (Fsp3) is 0.364. The minimum atomic E-state index is -0.473. The van der Waals surface area contributed by atoms with Crippen molar-refractivity contribution in [1.82, 2.24) is 30.1 Å². The molecule has 3 rings (SSSR count). The predicted octanol–water partition coefficient (Wildman–Crippen LogP) is 1.48. The van der Waals surface area contributed by atoms with Crippen LogP contribution in [0, 0.1) is 0 Å². The van der Waals surface area contributed by atoms with Gasteiger partial charge in [-0.2, -0.15) is 0 Å². The molecule has 0 bridgehead atoms.